The summed E-state index contributed by atoms with van der Waals surface area (Å²) in [4.78, 5) is 12.6. The molecule has 2 N–H and O–H groups in total. The van der Waals surface area contributed by atoms with Gasteiger partial charge in [-0.1, -0.05) is 19.1 Å². The highest BCUT2D eigenvalue weighted by molar-refractivity contribution is 7.99. The summed E-state index contributed by atoms with van der Waals surface area (Å²) in [6.45, 7) is 4.71. The van der Waals surface area contributed by atoms with Crippen molar-refractivity contribution in [3.8, 4) is 0 Å². The van der Waals surface area contributed by atoms with Crippen LogP contribution >= 0.6 is 11.8 Å². The standard InChI is InChI=1S/C14H20N4OS/c1-4-12(15-3)10-6-8-11(9-7-10)20-14-17-16-13(19)18(14)5-2/h6-9,12,15H,4-5H2,1-3H3,(H,16,19). The number of hydrogen-bond acceptors (Lipinski definition) is 4. The van der Waals surface area contributed by atoms with Crippen LogP contribution < -0.4 is 11.0 Å². The predicted octanol–water partition coefficient (Wildman–Crippen LogP) is 2.41. The minimum atomic E-state index is -0.159. The van der Waals surface area contributed by atoms with Gasteiger partial charge < -0.3 is 5.32 Å². The number of H-pyrrole nitrogens is 1. The zero-order valence-corrected chi connectivity index (χ0v) is 12.8. The number of benzene rings is 1. The van der Waals surface area contributed by atoms with Gasteiger partial charge >= 0.3 is 5.69 Å². The van der Waals surface area contributed by atoms with Crippen molar-refractivity contribution in [3.05, 3.63) is 40.3 Å². The van der Waals surface area contributed by atoms with E-state index in [4.69, 9.17) is 0 Å². The Bertz CT molecular complexity index is 598. The first-order chi connectivity index (χ1) is 9.69. The fraction of sp³-hybridized carbons (Fsp3) is 0.429. The van der Waals surface area contributed by atoms with E-state index in [9.17, 15) is 4.79 Å². The molecule has 108 valence electrons. The summed E-state index contributed by atoms with van der Waals surface area (Å²) < 4.78 is 1.63. The Labute approximate surface area is 122 Å². The molecule has 2 aromatic rings. The van der Waals surface area contributed by atoms with Gasteiger partial charge in [-0.3, -0.25) is 4.57 Å². The maximum absolute atomic E-state index is 11.5. The van der Waals surface area contributed by atoms with E-state index in [2.05, 4.69) is 46.7 Å². The second-order valence-corrected chi connectivity index (χ2v) is 5.52. The molecule has 1 heterocycles. The Morgan fingerprint density at radius 1 is 1.35 bits per heavy atom. The van der Waals surface area contributed by atoms with E-state index in [1.807, 2.05) is 14.0 Å². The topological polar surface area (TPSA) is 62.7 Å². The third-order valence-electron chi connectivity index (χ3n) is 3.29. The molecule has 1 unspecified atom stereocenters. The SMILES string of the molecule is CCC(NC)c1ccc(Sc2n[nH]c(=O)n2CC)cc1. The fourth-order valence-electron chi connectivity index (χ4n) is 2.14. The van der Waals surface area contributed by atoms with Crippen molar-refractivity contribution < 1.29 is 0 Å². The van der Waals surface area contributed by atoms with Gasteiger partial charge in [0.15, 0.2) is 5.16 Å². The molecular weight excluding hydrogens is 272 g/mol. The summed E-state index contributed by atoms with van der Waals surface area (Å²) in [5, 5.41) is 10.5. The van der Waals surface area contributed by atoms with E-state index >= 15 is 0 Å². The van der Waals surface area contributed by atoms with Gasteiger partial charge in [0.1, 0.15) is 0 Å². The fourth-order valence-corrected chi connectivity index (χ4v) is 3.04. The molecule has 0 saturated heterocycles. The molecule has 1 aromatic heterocycles. The summed E-state index contributed by atoms with van der Waals surface area (Å²) in [5.41, 5.74) is 1.11. The lowest BCUT2D eigenvalue weighted by atomic mass is 10.1. The van der Waals surface area contributed by atoms with Crippen molar-refractivity contribution in [3.63, 3.8) is 0 Å². The number of nitrogens with one attached hydrogen (secondary N) is 2. The normalized spacial score (nSPS) is 12.6. The largest absolute Gasteiger partial charge is 0.343 e. The number of hydrogen-bond donors (Lipinski definition) is 2. The van der Waals surface area contributed by atoms with Crippen molar-refractivity contribution >= 4 is 11.8 Å². The first kappa shape index (κ1) is 14.9. The third kappa shape index (κ3) is 3.13. The molecule has 1 atom stereocenters. The molecule has 0 bridgehead atoms. The molecular formula is C14H20N4OS. The molecule has 0 aliphatic carbocycles. The summed E-state index contributed by atoms with van der Waals surface area (Å²) in [7, 11) is 1.97. The monoisotopic (exact) mass is 292 g/mol. The van der Waals surface area contributed by atoms with Crippen molar-refractivity contribution in [1.82, 2.24) is 20.1 Å². The first-order valence-corrected chi connectivity index (χ1v) is 7.61. The molecule has 0 saturated carbocycles. The zero-order chi connectivity index (χ0) is 14.5. The van der Waals surface area contributed by atoms with Gasteiger partial charge in [0.2, 0.25) is 0 Å². The van der Waals surface area contributed by atoms with E-state index in [1.165, 1.54) is 17.3 Å². The van der Waals surface area contributed by atoms with Crippen LogP contribution in [0.4, 0.5) is 0 Å². The highest BCUT2D eigenvalue weighted by Crippen LogP contribution is 2.26. The average molecular weight is 292 g/mol. The van der Waals surface area contributed by atoms with E-state index in [0.29, 0.717) is 17.7 Å². The Morgan fingerprint density at radius 3 is 2.60 bits per heavy atom. The van der Waals surface area contributed by atoms with Crippen LogP contribution in [-0.2, 0) is 6.54 Å². The van der Waals surface area contributed by atoms with Crippen LogP contribution in [0, 0.1) is 0 Å². The van der Waals surface area contributed by atoms with E-state index in [-0.39, 0.29) is 5.69 Å². The average Bonchev–Trinajstić information content (AvgIpc) is 2.82. The molecule has 0 aliphatic heterocycles. The second-order valence-electron chi connectivity index (χ2n) is 4.48. The van der Waals surface area contributed by atoms with Crippen LogP contribution in [0.25, 0.3) is 0 Å². The molecule has 20 heavy (non-hydrogen) atoms. The Balaban J connectivity index is 2.16. The van der Waals surface area contributed by atoms with Gasteiger partial charge in [-0.15, -0.1) is 5.10 Å². The molecule has 5 nitrogen and oxygen atoms in total. The van der Waals surface area contributed by atoms with E-state index in [0.717, 1.165) is 11.3 Å². The summed E-state index contributed by atoms with van der Waals surface area (Å²) in [6.07, 6.45) is 1.05. The maximum atomic E-state index is 11.5. The van der Waals surface area contributed by atoms with Crippen molar-refractivity contribution in [2.24, 2.45) is 0 Å². The quantitative estimate of drug-likeness (QED) is 0.858. The zero-order valence-electron chi connectivity index (χ0n) is 12.0. The number of nitrogens with zero attached hydrogens (tertiary/aromatic N) is 2. The molecule has 1 aromatic carbocycles. The van der Waals surface area contributed by atoms with Gasteiger partial charge in [-0.25, -0.2) is 9.89 Å². The van der Waals surface area contributed by atoms with Crippen molar-refractivity contribution in [2.45, 2.75) is 42.9 Å². The van der Waals surface area contributed by atoms with Gasteiger partial charge in [-0.05, 0) is 49.9 Å². The molecule has 0 aliphatic rings. The van der Waals surface area contributed by atoms with Crippen LogP contribution in [0.3, 0.4) is 0 Å². The Kier molecular flexibility index (Phi) is 5.03. The van der Waals surface area contributed by atoms with Gasteiger partial charge in [0, 0.05) is 17.5 Å². The van der Waals surface area contributed by atoms with Crippen LogP contribution in [0.2, 0.25) is 0 Å². The number of rotatable bonds is 6. The molecule has 2 rings (SSSR count). The van der Waals surface area contributed by atoms with Crippen LogP contribution in [-0.4, -0.2) is 21.8 Å². The van der Waals surface area contributed by atoms with Gasteiger partial charge in [-0.2, -0.15) is 0 Å². The van der Waals surface area contributed by atoms with Crippen LogP contribution in [0.5, 0.6) is 0 Å². The van der Waals surface area contributed by atoms with E-state index in [1.54, 1.807) is 4.57 Å². The minimum absolute atomic E-state index is 0.159. The molecule has 0 radical (unpaired) electrons. The molecule has 6 heteroatoms. The van der Waals surface area contributed by atoms with Crippen LogP contribution in [0.15, 0.2) is 39.1 Å². The third-order valence-corrected chi connectivity index (χ3v) is 4.29. The number of aromatic amines is 1. The Hall–Kier alpha value is -1.53. The number of aromatic nitrogens is 3. The van der Waals surface area contributed by atoms with Gasteiger partial charge in [0.05, 0.1) is 0 Å². The molecule has 0 spiro atoms. The summed E-state index contributed by atoms with van der Waals surface area (Å²) in [5.74, 6) is 0. The minimum Gasteiger partial charge on any atom is -0.313 e. The lowest BCUT2D eigenvalue weighted by molar-refractivity contribution is 0.576. The van der Waals surface area contributed by atoms with Crippen LogP contribution in [0.1, 0.15) is 31.9 Å². The first-order valence-electron chi connectivity index (χ1n) is 6.79. The summed E-state index contributed by atoms with van der Waals surface area (Å²) >= 11 is 1.50. The maximum Gasteiger partial charge on any atom is 0.343 e. The van der Waals surface area contributed by atoms with Gasteiger partial charge in [0.25, 0.3) is 0 Å². The van der Waals surface area contributed by atoms with Crippen molar-refractivity contribution in [2.75, 3.05) is 7.05 Å². The highest BCUT2D eigenvalue weighted by Gasteiger charge is 2.10. The molecule has 0 amide bonds. The predicted molar refractivity (Wildman–Crippen MR) is 81.2 cm³/mol. The second kappa shape index (κ2) is 6.76. The van der Waals surface area contributed by atoms with Crippen molar-refractivity contribution in [1.29, 1.82) is 0 Å². The summed E-state index contributed by atoms with van der Waals surface area (Å²) in [6, 6.07) is 8.76. The smallest absolute Gasteiger partial charge is 0.313 e. The van der Waals surface area contributed by atoms with E-state index < -0.39 is 0 Å². The molecule has 0 fully saturated rings. The highest BCUT2D eigenvalue weighted by atomic mass is 32.2. The lowest BCUT2D eigenvalue weighted by Gasteiger charge is -2.14. The lowest BCUT2D eigenvalue weighted by Crippen LogP contribution is -2.16. The Morgan fingerprint density at radius 2 is 2.05 bits per heavy atom.